The normalized spacial score (nSPS) is 16.1. The Bertz CT molecular complexity index is 456. The van der Waals surface area contributed by atoms with Crippen LogP contribution in [-0.4, -0.2) is 26.2 Å². The summed E-state index contributed by atoms with van der Waals surface area (Å²) in [5, 5.41) is 12.7. The van der Waals surface area contributed by atoms with Crippen LogP contribution in [0.4, 0.5) is 5.69 Å². The lowest BCUT2D eigenvalue weighted by Gasteiger charge is -2.31. The van der Waals surface area contributed by atoms with Gasteiger partial charge in [-0.2, -0.15) is 5.26 Å². The number of hydrogen-bond donors (Lipinski definition) is 1. The summed E-state index contributed by atoms with van der Waals surface area (Å²) in [6, 6.07) is 8.52. The summed E-state index contributed by atoms with van der Waals surface area (Å²) >= 11 is 0. The minimum atomic E-state index is 0.744. The SMILES string of the molecule is CCN(CC1CCNCC1)c1ccc(C)cc1C#N. The van der Waals surface area contributed by atoms with Crippen molar-refractivity contribution >= 4 is 5.69 Å². The van der Waals surface area contributed by atoms with Crippen molar-refractivity contribution in [2.24, 2.45) is 5.92 Å². The highest BCUT2D eigenvalue weighted by atomic mass is 15.1. The number of nitrogens with zero attached hydrogens (tertiary/aromatic N) is 2. The number of aryl methyl sites for hydroxylation is 1. The molecule has 1 aliphatic heterocycles. The van der Waals surface area contributed by atoms with Crippen molar-refractivity contribution in [3.05, 3.63) is 29.3 Å². The van der Waals surface area contributed by atoms with Gasteiger partial charge in [0.1, 0.15) is 6.07 Å². The number of benzene rings is 1. The van der Waals surface area contributed by atoms with Gasteiger partial charge < -0.3 is 10.2 Å². The Morgan fingerprint density at radius 2 is 2.11 bits per heavy atom. The summed E-state index contributed by atoms with van der Waals surface area (Å²) in [6.07, 6.45) is 2.48. The van der Waals surface area contributed by atoms with Crippen LogP contribution in [0.2, 0.25) is 0 Å². The van der Waals surface area contributed by atoms with Crippen LogP contribution in [0.3, 0.4) is 0 Å². The molecule has 0 spiro atoms. The first-order valence-electron chi connectivity index (χ1n) is 7.21. The van der Waals surface area contributed by atoms with E-state index in [-0.39, 0.29) is 0 Å². The summed E-state index contributed by atoms with van der Waals surface area (Å²) in [4.78, 5) is 2.36. The van der Waals surface area contributed by atoms with E-state index in [0.717, 1.165) is 48.9 Å². The largest absolute Gasteiger partial charge is 0.370 e. The third-order valence-corrected chi connectivity index (χ3v) is 3.93. The van der Waals surface area contributed by atoms with Gasteiger partial charge >= 0.3 is 0 Å². The maximum Gasteiger partial charge on any atom is 0.101 e. The summed E-state index contributed by atoms with van der Waals surface area (Å²) in [6.45, 7) is 8.48. The fraction of sp³-hybridized carbons (Fsp3) is 0.562. The van der Waals surface area contributed by atoms with Crippen molar-refractivity contribution in [2.75, 3.05) is 31.1 Å². The molecule has 1 N–H and O–H groups in total. The average Bonchev–Trinajstić information content (AvgIpc) is 2.46. The Morgan fingerprint density at radius 3 is 2.74 bits per heavy atom. The molecule has 1 aromatic carbocycles. The molecule has 0 aromatic heterocycles. The van der Waals surface area contributed by atoms with Gasteiger partial charge in [0.2, 0.25) is 0 Å². The maximum atomic E-state index is 9.31. The third kappa shape index (κ3) is 3.48. The highest BCUT2D eigenvalue weighted by molar-refractivity contribution is 5.60. The van der Waals surface area contributed by atoms with E-state index in [1.165, 1.54) is 12.8 Å². The lowest BCUT2D eigenvalue weighted by molar-refractivity contribution is 0.374. The number of rotatable bonds is 4. The summed E-state index contributed by atoms with van der Waals surface area (Å²) < 4.78 is 0. The highest BCUT2D eigenvalue weighted by Gasteiger charge is 2.18. The Morgan fingerprint density at radius 1 is 1.37 bits per heavy atom. The lowest BCUT2D eigenvalue weighted by Crippen LogP contribution is -2.36. The van der Waals surface area contributed by atoms with Gasteiger partial charge in [-0.05, 0) is 63.4 Å². The van der Waals surface area contributed by atoms with Crippen LogP contribution in [0, 0.1) is 24.2 Å². The Labute approximate surface area is 116 Å². The number of nitriles is 1. The maximum absolute atomic E-state index is 9.31. The topological polar surface area (TPSA) is 39.1 Å². The summed E-state index contributed by atoms with van der Waals surface area (Å²) in [7, 11) is 0. The number of hydrogen-bond acceptors (Lipinski definition) is 3. The molecule has 1 fully saturated rings. The van der Waals surface area contributed by atoms with Gasteiger partial charge in [-0.3, -0.25) is 0 Å². The first-order valence-corrected chi connectivity index (χ1v) is 7.21. The van der Waals surface area contributed by atoms with E-state index in [9.17, 15) is 5.26 Å². The quantitative estimate of drug-likeness (QED) is 0.901. The Kier molecular flexibility index (Phi) is 4.81. The zero-order valence-corrected chi connectivity index (χ0v) is 11.9. The molecule has 3 heteroatoms. The predicted octanol–water partition coefficient (Wildman–Crippen LogP) is 2.69. The predicted molar refractivity (Wildman–Crippen MR) is 79.4 cm³/mol. The van der Waals surface area contributed by atoms with Crippen molar-refractivity contribution in [1.29, 1.82) is 5.26 Å². The minimum Gasteiger partial charge on any atom is -0.370 e. The van der Waals surface area contributed by atoms with Crippen LogP contribution in [0.15, 0.2) is 18.2 Å². The smallest absolute Gasteiger partial charge is 0.101 e. The second-order valence-electron chi connectivity index (χ2n) is 5.36. The van der Waals surface area contributed by atoms with E-state index in [0.29, 0.717) is 0 Å². The molecule has 0 saturated carbocycles. The molecule has 0 radical (unpaired) electrons. The summed E-state index contributed by atoms with van der Waals surface area (Å²) in [5.74, 6) is 0.744. The first kappa shape index (κ1) is 13.9. The zero-order chi connectivity index (χ0) is 13.7. The standard InChI is InChI=1S/C16H23N3/c1-3-19(12-14-6-8-18-9-7-14)16-5-4-13(2)10-15(16)11-17/h4-5,10,14,18H,3,6-9,12H2,1-2H3. The fourth-order valence-corrected chi connectivity index (χ4v) is 2.79. The van der Waals surface area contributed by atoms with Crippen molar-refractivity contribution in [2.45, 2.75) is 26.7 Å². The van der Waals surface area contributed by atoms with E-state index in [1.54, 1.807) is 0 Å². The van der Waals surface area contributed by atoms with Gasteiger partial charge in [-0.15, -0.1) is 0 Å². The zero-order valence-electron chi connectivity index (χ0n) is 11.9. The molecule has 3 nitrogen and oxygen atoms in total. The molecule has 0 aliphatic carbocycles. The number of anilines is 1. The monoisotopic (exact) mass is 257 g/mol. The molecule has 0 unspecified atom stereocenters. The highest BCUT2D eigenvalue weighted by Crippen LogP contribution is 2.24. The van der Waals surface area contributed by atoms with Crippen LogP contribution in [-0.2, 0) is 0 Å². The van der Waals surface area contributed by atoms with Gasteiger partial charge in [0.05, 0.1) is 11.3 Å². The van der Waals surface area contributed by atoms with E-state index in [4.69, 9.17) is 0 Å². The molecule has 0 bridgehead atoms. The van der Waals surface area contributed by atoms with Crippen LogP contribution >= 0.6 is 0 Å². The van der Waals surface area contributed by atoms with E-state index in [2.05, 4.69) is 35.3 Å². The van der Waals surface area contributed by atoms with Crippen molar-refractivity contribution in [3.8, 4) is 6.07 Å². The minimum absolute atomic E-state index is 0.744. The van der Waals surface area contributed by atoms with Gasteiger partial charge in [0, 0.05) is 13.1 Å². The van der Waals surface area contributed by atoms with Gasteiger partial charge in [-0.25, -0.2) is 0 Å². The summed E-state index contributed by atoms with van der Waals surface area (Å²) in [5.41, 5.74) is 3.04. The van der Waals surface area contributed by atoms with Crippen LogP contribution in [0.1, 0.15) is 30.9 Å². The number of piperidine rings is 1. The Balaban J connectivity index is 2.14. The van der Waals surface area contributed by atoms with Gasteiger partial charge in [0.25, 0.3) is 0 Å². The molecule has 0 atom stereocenters. The van der Waals surface area contributed by atoms with Crippen LogP contribution in [0.5, 0.6) is 0 Å². The van der Waals surface area contributed by atoms with Crippen LogP contribution in [0.25, 0.3) is 0 Å². The molecule has 102 valence electrons. The van der Waals surface area contributed by atoms with Gasteiger partial charge in [0.15, 0.2) is 0 Å². The molecule has 1 aromatic rings. The average molecular weight is 257 g/mol. The molecule has 19 heavy (non-hydrogen) atoms. The van der Waals surface area contributed by atoms with Crippen molar-refractivity contribution in [1.82, 2.24) is 5.32 Å². The fourth-order valence-electron chi connectivity index (χ4n) is 2.79. The van der Waals surface area contributed by atoms with Crippen LogP contribution < -0.4 is 10.2 Å². The second-order valence-corrected chi connectivity index (χ2v) is 5.36. The molecule has 1 saturated heterocycles. The lowest BCUT2D eigenvalue weighted by atomic mass is 9.97. The molecule has 0 amide bonds. The molecule has 1 aliphatic rings. The second kappa shape index (κ2) is 6.58. The molecule has 1 heterocycles. The van der Waals surface area contributed by atoms with Crippen molar-refractivity contribution < 1.29 is 0 Å². The third-order valence-electron chi connectivity index (χ3n) is 3.93. The first-order chi connectivity index (χ1) is 9.24. The van der Waals surface area contributed by atoms with Crippen molar-refractivity contribution in [3.63, 3.8) is 0 Å². The Hall–Kier alpha value is -1.53. The molecular formula is C16H23N3. The van der Waals surface area contributed by atoms with Gasteiger partial charge in [-0.1, -0.05) is 6.07 Å². The van der Waals surface area contributed by atoms with E-state index in [1.807, 2.05) is 13.0 Å². The van der Waals surface area contributed by atoms with E-state index >= 15 is 0 Å². The number of nitrogens with one attached hydrogen (secondary N) is 1. The molecule has 2 rings (SSSR count). The van der Waals surface area contributed by atoms with E-state index < -0.39 is 0 Å². The molecular weight excluding hydrogens is 234 g/mol.